The summed E-state index contributed by atoms with van der Waals surface area (Å²) < 4.78 is 0. The minimum atomic E-state index is -0.183. The van der Waals surface area contributed by atoms with Crippen LogP contribution in [0.4, 0.5) is 0 Å². The molecule has 0 spiro atoms. The third-order valence-corrected chi connectivity index (χ3v) is 3.73. The van der Waals surface area contributed by atoms with Crippen LogP contribution in [0.3, 0.4) is 0 Å². The molecule has 0 heterocycles. The van der Waals surface area contributed by atoms with Crippen molar-refractivity contribution in [3.05, 3.63) is 0 Å². The molecule has 148 valence electrons. The predicted octanol–water partition coefficient (Wildman–Crippen LogP) is 0.514. The third-order valence-electron chi connectivity index (χ3n) is 3.73. The highest BCUT2D eigenvalue weighted by atomic mass is 16.6. The Labute approximate surface area is 152 Å². The van der Waals surface area contributed by atoms with Crippen LogP contribution in [-0.4, -0.2) is 42.1 Å². The van der Waals surface area contributed by atoms with Crippen LogP contribution in [0, 0.1) is 0 Å². The number of ketones is 5. The van der Waals surface area contributed by atoms with Crippen LogP contribution in [0.25, 0.3) is 0 Å². The van der Waals surface area contributed by atoms with Crippen molar-refractivity contribution in [1.29, 1.82) is 0 Å². The van der Waals surface area contributed by atoms with Gasteiger partial charge in [-0.2, -0.15) is 0 Å². The molecule has 0 amide bonds. The topological polar surface area (TPSA) is 156 Å². The zero-order valence-electron chi connectivity index (χ0n) is 15.0. The first-order valence-corrected chi connectivity index (χ1v) is 8.60. The SMILES string of the molecule is NOCCC(=O)CCC(=O)CCC(=O)CCC(=O)CCC(=O)CCON. The number of carbonyl (C=O) groups is 5. The highest BCUT2D eigenvalue weighted by Crippen LogP contribution is 2.07. The predicted molar refractivity (Wildman–Crippen MR) is 91.5 cm³/mol. The lowest BCUT2D eigenvalue weighted by Crippen LogP contribution is -2.11. The third kappa shape index (κ3) is 14.5. The Morgan fingerprint density at radius 3 is 0.808 bits per heavy atom. The number of rotatable bonds is 18. The molecule has 0 saturated carbocycles. The fraction of sp³-hybridized carbons (Fsp3) is 0.706. The first-order valence-electron chi connectivity index (χ1n) is 8.60. The summed E-state index contributed by atoms with van der Waals surface area (Å²) in [5, 5.41) is 0. The van der Waals surface area contributed by atoms with Crippen molar-refractivity contribution in [3.63, 3.8) is 0 Å². The van der Waals surface area contributed by atoms with Crippen molar-refractivity contribution in [2.24, 2.45) is 11.8 Å². The smallest absolute Gasteiger partial charge is 0.135 e. The average Bonchev–Trinajstić information content (AvgIpc) is 2.63. The molecule has 0 aromatic carbocycles. The molecular formula is C17H28N2O7. The number of nitrogens with two attached hydrogens (primary N) is 2. The van der Waals surface area contributed by atoms with Gasteiger partial charge in [0, 0.05) is 64.2 Å². The minimum absolute atomic E-state index is 0.0545. The molecule has 0 saturated heterocycles. The lowest BCUT2D eigenvalue weighted by Gasteiger charge is -2.03. The van der Waals surface area contributed by atoms with E-state index in [0.29, 0.717) is 0 Å². The average molecular weight is 372 g/mol. The van der Waals surface area contributed by atoms with Crippen LogP contribution >= 0.6 is 0 Å². The first kappa shape index (κ1) is 24.2. The molecule has 0 fully saturated rings. The standard InChI is InChI=1S/C17H28N2O7/c18-25-11-9-16(23)7-5-14(21)3-1-13(20)2-4-15(22)6-8-17(24)10-12-26-19/h1-12,18-19H2. The Balaban J connectivity index is 3.78. The summed E-state index contributed by atoms with van der Waals surface area (Å²) in [6.45, 7) is 0.234. The number of Topliss-reactive ketones (excluding diaryl/α,β-unsaturated/α-hetero) is 5. The van der Waals surface area contributed by atoms with Crippen molar-refractivity contribution in [2.45, 2.75) is 64.2 Å². The van der Waals surface area contributed by atoms with Crippen molar-refractivity contribution in [2.75, 3.05) is 13.2 Å². The zero-order chi connectivity index (χ0) is 19.8. The van der Waals surface area contributed by atoms with E-state index in [1.807, 2.05) is 0 Å². The van der Waals surface area contributed by atoms with Crippen LogP contribution in [-0.2, 0) is 33.6 Å². The molecule has 0 aliphatic heterocycles. The fourth-order valence-electron chi connectivity index (χ4n) is 2.09. The second-order valence-corrected chi connectivity index (χ2v) is 5.93. The highest BCUT2D eigenvalue weighted by molar-refractivity contribution is 5.91. The molecule has 9 nitrogen and oxygen atoms in total. The molecule has 26 heavy (non-hydrogen) atoms. The molecule has 0 aliphatic carbocycles. The van der Waals surface area contributed by atoms with Crippen LogP contribution < -0.4 is 11.8 Å². The lowest BCUT2D eigenvalue weighted by atomic mass is 10.0. The van der Waals surface area contributed by atoms with E-state index in [1.54, 1.807) is 0 Å². The number of hydrogen-bond acceptors (Lipinski definition) is 9. The Hall–Kier alpha value is -1.81. The molecule has 0 bridgehead atoms. The van der Waals surface area contributed by atoms with E-state index in [2.05, 4.69) is 9.68 Å². The molecule has 0 unspecified atom stereocenters. The van der Waals surface area contributed by atoms with Gasteiger partial charge in [0.2, 0.25) is 0 Å². The van der Waals surface area contributed by atoms with Gasteiger partial charge in [-0.25, -0.2) is 11.8 Å². The van der Waals surface area contributed by atoms with E-state index in [1.165, 1.54) is 0 Å². The number of hydrogen-bond donors (Lipinski definition) is 2. The maximum Gasteiger partial charge on any atom is 0.135 e. The summed E-state index contributed by atoms with van der Waals surface area (Å²) in [7, 11) is 0. The monoisotopic (exact) mass is 372 g/mol. The van der Waals surface area contributed by atoms with Gasteiger partial charge < -0.3 is 9.68 Å². The normalized spacial score (nSPS) is 10.5. The van der Waals surface area contributed by atoms with Crippen LogP contribution in [0.5, 0.6) is 0 Å². The molecule has 0 aliphatic rings. The molecule has 9 heteroatoms. The van der Waals surface area contributed by atoms with Gasteiger partial charge in [0.15, 0.2) is 0 Å². The highest BCUT2D eigenvalue weighted by Gasteiger charge is 2.12. The van der Waals surface area contributed by atoms with E-state index >= 15 is 0 Å². The first-order chi connectivity index (χ1) is 12.4. The van der Waals surface area contributed by atoms with E-state index in [-0.39, 0.29) is 106 Å². The van der Waals surface area contributed by atoms with Gasteiger partial charge in [-0.05, 0) is 0 Å². The Bertz CT molecular complexity index is 450. The fourth-order valence-corrected chi connectivity index (χ4v) is 2.09. The lowest BCUT2D eigenvalue weighted by molar-refractivity contribution is -0.127. The molecule has 4 N–H and O–H groups in total. The second-order valence-electron chi connectivity index (χ2n) is 5.93. The summed E-state index contributed by atoms with van der Waals surface area (Å²) in [6.07, 6.45) is 0.943. The van der Waals surface area contributed by atoms with Gasteiger partial charge in [-0.3, -0.25) is 24.0 Å². The maximum absolute atomic E-state index is 11.7. The van der Waals surface area contributed by atoms with Gasteiger partial charge in [0.05, 0.1) is 13.2 Å². The quantitative estimate of drug-likeness (QED) is 0.327. The molecular weight excluding hydrogens is 344 g/mol. The molecule has 0 aromatic heterocycles. The summed E-state index contributed by atoms with van der Waals surface area (Å²) in [5.74, 6) is 8.87. The van der Waals surface area contributed by atoms with E-state index in [4.69, 9.17) is 11.8 Å². The van der Waals surface area contributed by atoms with Crippen molar-refractivity contribution in [3.8, 4) is 0 Å². The Kier molecular flexibility index (Phi) is 14.4. The van der Waals surface area contributed by atoms with Crippen LogP contribution in [0.2, 0.25) is 0 Å². The molecule has 0 radical (unpaired) electrons. The van der Waals surface area contributed by atoms with Gasteiger partial charge in [-0.1, -0.05) is 0 Å². The molecule has 0 aromatic rings. The van der Waals surface area contributed by atoms with Gasteiger partial charge in [0.1, 0.15) is 28.9 Å². The van der Waals surface area contributed by atoms with Gasteiger partial charge in [-0.15, -0.1) is 0 Å². The summed E-state index contributed by atoms with van der Waals surface area (Å²) >= 11 is 0. The maximum atomic E-state index is 11.7. The zero-order valence-corrected chi connectivity index (χ0v) is 15.0. The summed E-state index contributed by atoms with van der Waals surface area (Å²) in [5.41, 5.74) is 0. The Morgan fingerprint density at radius 2 is 0.615 bits per heavy atom. The summed E-state index contributed by atoms with van der Waals surface area (Å²) in [6, 6.07) is 0. The second kappa shape index (κ2) is 15.4. The number of carbonyl (C=O) groups excluding carboxylic acids is 5. The van der Waals surface area contributed by atoms with Crippen molar-refractivity contribution in [1.82, 2.24) is 0 Å². The van der Waals surface area contributed by atoms with E-state index in [0.717, 1.165) is 0 Å². The van der Waals surface area contributed by atoms with Crippen molar-refractivity contribution < 1.29 is 33.6 Å². The largest absolute Gasteiger partial charge is 0.304 e. The van der Waals surface area contributed by atoms with Crippen LogP contribution in [0.15, 0.2) is 0 Å². The van der Waals surface area contributed by atoms with E-state index < -0.39 is 0 Å². The van der Waals surface area contributed by atoms with E-state index in [9.17, 15) is 24.0 Å². The van der Waals surface area contributed by atoms with Gasteiger partial charge >= 0.3 is 0 Å². The van der Waals surface area contributed by atoms with Crippen LogP contribution in [0.1, 0.15) is 64.2 Å². The molecule has 0 rings (SSSR count). The minimum Gasteiger partial charge on any atom is -0.304 e. The van der Waals surface area contributed by atoms with Crippen molar-refractivity contribution >= 4 is 28.9 Å². The Morgan fingerprint density at radius 1 is 0.423 bits per heavy atom. The molecule has 0 atom stereocenters. The summed E-state index contributed by atoms with van der Waals surface area (Å²) in [4.78, 5) is 66.3. The van der Waals surface area contributed by atoms with Gasteiger partial charge in [0.25, 0.3) is 0 Å².